The maximum absolute atomic E-state index is 12.4. The Morgan fingerprint density at radius 1 is 1.30 bits per heavy atom. The topological polar surface area (TPSA) is 66.3 Å². The molecule has 7 nitrogen and oxygen atoms in total. The van der Waals surface area contributed by atoms with Crippen LogP contribution in [-0.2, 0) is 13.6 Å². The molecule has 2 aromatic rings. The van der Waals surface area contributed by atoms with Gasteiger partial charge in [-0.3, -0.25) is 9.48 Å². The van der Waals surface area contributed by atoms with E-state index in [0.29, 0.717) is 18.2 Å². The molecule has 3 heterocycles. The van der Waals surface area contributed by atoms with Crippen LogP contribution >= 0.6 is 0 Å². The van der Waals surface area contributed by atoms with E-state index >= 15 is 0 Å². The Balaban J connectivity index is 1.48. The summed E-state index contributed by atoms with van der Waals surface area (Å²) in [6, 6.07) is 4.31. The van der Waals surface area contributed by atoms with Gasteiger partial charge in [-0.25, -0.2) is 4.98 Å². The molecule has 2 aromatic heterocycles. The number of nitrogens with zero attached hydrogens (tertiary/aromatic N) is 5. The second kappa shape index (κ2) is 8.99. The molecule has 0 spiro atoms. The number of aryl methyl sites for hydroxylation is 1. The largest absolute Gasteiger partial charge is 0.355 e. The van der Waals surface area contributed by atoms with Crippen LogP contribution < -0.4 is 10.2 Å². The van der Waals surface area contributed by atoms with Crippen LogP contribution in [0.1, 0.15) is 41.6 Å². The number of anilines is 1. The van der Waals surface area contributed by atoms with E-state index in [9.17, 15) is 4.79 Å². The molecule has 0 unspecified atom stereocenters. The molecule has 0 aliphatic carbocycles. The Hall–Kier alpha value is -2.41. The standard InChI is InChI=1S/C20H30N6O/c1-24-11-5-4-6-18(24)9-10-21-20(27)17-7-8-19(22-13-17)25(2)14-16-12-23-26(3)15-16/h7-8,12-13,15,18H,4-6,9-11,14H2,1-3H3,(H,21,27)/t18-/m0/s1. The summed E-state index contributed by atoms with van der Waals surface area (Å²) in [5.74, 6) is 0.779. The quantitative estimate of drug-likeness (QED) is 0.808. The van der Waals surface area contributed by atoms with Crippen LogP contribution in [0.3, 0.4) is 0 Å². The predicted octanol–water partition coefficient (Wildman–Crippen LogP) is 2.06. The molecule has 1 amide bonds. The van der Waals surface area contributed by atoms with Crippen LogP contribution in [0, 0.1) is 0 Å². The number of likely N-dealkylation sites (tertiary alicyclic amines) is 1. The van der Waals surface area contributed by atoms with Crippen molar-refractivity contribution in [3.8, 4) is 0 Å². The Labute approximate surface area is 161 Å². The number of carbonyl (C=O) groups excluding carboxylic acids is 1. The van der Waals surface area contributed by atoms with Crippen molar-refractivity contribution in [1.29, 1.82) is 0 Å². The van der Waals surface area contributed by atoms with Crippen molar-refractivity contribution in [2.45, 2.75) is 38.3 Å². The number of carbonyl (C=O) groups is 1. The van der Waals surface area contributed by atoms with Crippen molar-refractivity contribution in [2.75, 3.05) is 32.1 Å². The molecule has 1 N–H and O–H groups in total. The van der Waals surface area contributed by atoms with Gasteiger partial charge in [0.15, 0.2) is 0 Å². The second-order valence-electron chi connectivity index (χ2n) is 7.46. The maximum Gasteiger partial charge on any atom is 0.252 e. The number of amides is 1. The first-order valence-corrected chi connectivity index (χ1v) is 9.66. The fourth-order valence-corrected chi connectivity index (χ4v) is 3.62. The summed E-state index contributed by atoms with van der Waals surface area (Å²) in [4.78, 5) is 21.2. The third-order valence-corrected chi connectivity index (χ3v) is 5.26. The molecule has 27 heavy (non-hydrogen) atoms. The summed E-state index contributed by atoms with van der Waals surface area (Å²) in [6.07, 6.45) is 10.3. The van der Waals surface area contributed by atoms with Gasteiger partial charge in [0.05, 0.1) is 11.8 Å². The van der Waals surface area contributed by atoms with Gasteiger partial charge in [0.25, 0.3) is 5.91 Å². The summed E-state index contributed by atoms with van der Waals surface area (Å²) < 4.78 is 1.79. The molecule has 1 saturated heterocycles. The minimum atomic E-state index is -0.0533. The first-order chi connectivity index (χ1) is 13.0. The zero-order valence-electron chi connectivity index (χ0n) is 16.6. The lowest BCUT2D eigenvalue weighted by atomic mass is 10.0. The number of pyridine rings is 1. The molecule has 7 heteroatoms. The summed E-state index contributed by atoms with van der Waals surface area (Å²) in [5, 5.41) is 7.21. The molecule has 1 atom stereocenters. The number of nitrogens with one attached hydrogen (secondary N) is 1. The summed E-state index contributed by atoms with van der Waals surface area (Å²) in [6.45, 7) is 2.59. The van der Waals surface area contributed by atoms with Gasteiger partial charge in [0.2, 0.25) is 0 Å². The van der Waals surface area contributed by atoms with E-state index in [2.05, 4.69) is 27.3 Å². The van der Waals surface area contributed by atoms with E-state index in [-0.39, 0.29) is 5.91 Å². The first kappa shape index (κ1) is 19.4. The van der Waals surface area contributed by atoms with Crippen molar-refractivity contribution >= 4 is 11.7 Å². The van der Waals surface area contributed by atoms with E-state index in [1.165, 1.54) is 19.3 Å². The molecular weight excluding hydrogens is 340 g/mol. The Morgan fingerprint density at radius 3 is 2.81 bits per heavy atom. The predicted molar refractivity (Wildman–Crippen MR) is 107 cm³/mol. The maximum atomic E-state index is 12.4. The lowest BCUT2D eigenvalue weighted by molar-refractivity contribution is 0.0945. The molecule has 0 bridgehead atoms. The molecule has 0 radical (unpaired) electrons. The van der Waals surface area contributed by atoms with Gasteiger partial charge in [-0.15, -0.1) is 0 Å². The Bertz CT molecular complexity index is 741. The fourth-order valence-electron chi connectivity index (χ4n) is 3.62. The van der Waals surface area contributed by atoms with Gasteiger partial charge >= 0.3 is 0 Å². The van der Waals surface area contributed by atoms with Crippen molar-refractivity contribution in [3.63, 3.8) is 0 Å². The molecule has 146 valence electrons. The van der Waals surface area contributed by atoms with Gasteiger partial charge in [0.1, 0.15) is 5.82 Å². The molecule has 0 aromatic carbocycles. The van der Waals surface area contributed by atoms with Gasteiger partial charge in [-0.05, 0) is 45.0 Å². The van der Waals surface area contributed by atoms with Crippen molar-refractivity contribution in [2.24, 2.45) is 7.05 Å². The third kappa shape index (κ3) is 5.29. The number of piperidine rings is 1. The number of rotatable bonds is 7. The average Bonchev–Trinajstić information content (AvgIpc) is 3.08. The van der Waals surface area contributed by atoms with Gasteiger partial charge < -0.3 is 15.1 Å². The highest BCUT2D eigenvalue weighted by molar-refractivity contribution is 5.94. The van der Waals surface area contributed by atoms with Crippen LogP contribution in [0.15, 0.2) is 30.7 Å². The van der Waals surface area contributed by atoms with E-state index in [4.69, 9.17) is 0 Å². The van der Waals surface area contributed by atoms with Crippen molar-refractivity contribution in [1.82, 2.24) is 25.0 Å². The zero-order valence-corrected chi connectivity index (χ0v) is 16.6. The molecule has 1 aliphatic heterocycles. The van der Waals surface area contributed by atoms with E-state index < -0.39 is 0 Å². The van der Waals surface area contributed by atoms with Crippen LogP contribution in [0.5, 0.6) is 0 Å². The summed E-state index contributed by atoms with van der Waals surface area (Å²) >= 11 is 0. The minimum Gasteiger partial charge on any atom is -0.355 e. The molecule has 1 aliphatic rings. The minimum absolute atomic E-state index is 0.0533. The van der Waals surface area contributed by atoms with Crippen LogP contribution in [0.25, 0.3) is 0 Å². The highest BCUT2D eigenvalue weighted by Gasteiger charge is 2.18. The van der Waals surface area contributed by atoms with Crippen molar-refractivity contribution < 1.29 is 4.79 Å². The third-order valence-electron chi connectivity index (χ3n) is 5.26. The normalized spacial score (nSPS) is 17.7. The van der Waals surface area contributed by atoms with Gasteiger partial charge in [-0.2, -0.15) is 5.10 Å². The SMILES string of the molecule is CN(Cc1cnn(C)c1)c1ccc(C(=O)NCC[C@@H]2CCCCN2C)cn1. The van der Waals surface area contributed by atoms with Gasteiger partial charge in [-0.1, -0.05) is 6.42 Å². The van der Waals surface area contributed by atoms with Crippen LogP contribution in [-0.4, -0.2) is 58.8 Å². The zero-order chi connectivity index (χ0) is 19.2. The Morgan fingerprint density at radius 2 is 2.15 bits per heavy atom. The molecule has 0 saturated carbocycles. The highest BCUT2D eigenvalue weighted by atomic mass is 16.1. The van der Waals surface area contributed by atoms with E-state index in [1.807, 2.05) is 43.5 Å². The number of hydrogen-bond donors (Lipinski definition) is 1. The number of hydrogen-bond acceptors (Lipinski definition) is 5. The van der Waals surface area contributed by atoms with Crippen LogP contribution in [0.4, 0.5) is 5.82 Å². The van der Waals surface area contributed by atoms with E-state index in [1.54, 1.807) is 10.9 Å². The average molecular weight is 371 g/mol. The summed E-state index contributed by atoms with van der Waals surface area (Å²) in [7, 11) is 6.06. The molecule has 1 fully saturated rings. The Kier molecular flexibility index (Phi) is 6.45. The van der Waals surface area contributed by atoms with Gasteiger partial charge in [0, 0.05) is 51.2 Å². The monoisotopic (exact) mass is 370 g/mol. The lowest BCUT2D eigenvalue weighted by Gasteiger charge is -2.32. The molecule has 3 rings (SSSR count). The van der Waals surface area contributed by atoms with E-state index in [0.717, 1.165) is 30.9 Å². The second-order valence-corrected chi connectivity index (χ2v) is 7.46. The fraction of sp³-hybridized carbons (Fsp3) is 0.550. The van der Waals surface area contributed by atoms with Crippen LogP contribution in [0.2, 0.25) is 0 Å². The first-order valence-electron chi connectivity index (χ1n) is 9.66. The lowest BCUT2D eigenvalue weighted by Crippen LogP contribution is -2.39. The smallest absolute Gasteiger partial charge is 0.252 e. The van der Waals surface area contributed by atoms with Crippen molar-refractivity contribution in [3.05, 3.63) is 41.9 Å². The highest BCUT2D eigenvalue weighted by Crippen LogP contribution is 2.17. The summed E-state index contributed by atoms with van der Waals surface area (Å²) in [5.41, 5.74) is 1.72. The molecular formula is C20H30N6O. The number of aromatic nitrogens is 3.